The van der Waals surface area contributed by atoms with Crippen molar-refractivity contribution in [1.82, 2.24) is 4.90 Å². The van der Waals surface area contributed by atoms with Crippen LogP contribution in [0.5, 0.6) is 0 Å². The van der Waals surface area contributed by atoms with E-state index in [1.807, 2.05) is 0 Å². The molecule has 0 saturated carbocycles. The number of hydrogen-bond donors (Lipinski definition) is 1. The van der Waals surface area contributed by atoms with Crippen molar-refractivity contribution in [2.75, 3.05) is 13.1 Å². The summed E-state index contributed by atoms with van der Waals surface area (Å²) in [7, 11) is 0. The Balaban J connectivity index is 2.27. The van der Waals surface area contributed by atoms with Crippen LogP contribution in [0.25, 0.3) is 0 Å². The molecular weight excluding hydrogens is 220 g/mol. The minimum atomic E-state index is 0.276. The fourth-order valence-corrected chi connectivity index (χ4v) is 3.12. The van der Waals surface area contributed by atoms with E-state index in [0.717, 1.165) is 13.0 Å². The van der Waals surface area contributed by atoms with Crippen LogP contribution in [0.1, 0.15) is 43.9 Å². The van der Waals surface area contributed by atoms with Gasteiger partial charge in [0.25, 0.3) is 0 Å². The molecule has 0 radical (unpaired) electrons. The molecule has 1 fully saturated rings. The first-order chi connectivity index (χ1) is 8.59. The fourth-order valence-electron chi connectivity index (χ4n) is 3.12. The van der Waals surface area contributed by atoms with Crippen LogP contribution in [0, 0.1) is 12.8 Å². The summed E-state index contributed by atoms with van der Waals surface area (Å²) >= 11 is 0. The molecule has 2 N–H and O–H groups in total. The largest absolute Gasteiger partial charge is 0.326 e. The molecule has 2 atom stereocenters. The molecule has 0 aromatic heterocycles. The third-order valence-electron chi connectivity index (χ3n) is 3.89. The van der Waals surface area contributed by atoms with Gasteiger partial charge in [0, 0.05) is 12.6 Å². The predicted octanol–water partition coefficient (Wildman–Crippen LogP) is 3.12. The molecule has 1 aliphatic heterocycles. The van der Waals surface area contributed by atoms with Crippen LogP contribution in [0.15, 0.2) is 24.3 Å². The maximum absolute atomic E-state index is 6.40. The summed E-state index contributed by atoms with van der Waals surface area (Å²) in [5, 5.41) is 0. The van der Waals surface area contributed by atoms with Gasteiger partial charge in [0.1, 0.15) is 0 Å². The molecule has 0 aliphatic carbocycles. The van der Waals surface area contributed by atoms with Gasteiger partial charge in [-0.05, 0) is 43.4 Å². The molecule has 2 heteroatoms. The number of benzene rings is 1. The standard InChI is InChI=1S/C16H26N2/c1-12(2)11-18-10-6-9-15(17)16(18)14-8-5-4-7-13(14)3/h4-5,7-8,12,15-16H,6,9-11,17H2,1-3H3. The van der Waals surface area contributed by atoms with Gasteiger partial charge in [0.15, 0.2) is 0 Å². The SMILES string of the molecule is Cc1ccccc1C1C(N)CCCN1CC(C)C. The van der Waals surface area contributed by atoms with Crippen molar-refractivity contribution in [3.05, 3.63) is 35.4 Å². The van der Waals surface area contributed by atoms with E-state index in [0.29, 0.717) is 12.0 Å². The van der Waals surface area contributed by atoms with Crippen molar-refractivity contribution < 1.29 is 0 Å². The van der Waals surface area contributed by atoms with Gasteiger partial charge in [-0.25, -0.2) is 0 Å². The molecule has 1 aromatic carbocycles. The molecule has 2 rings (SSSR count). The lowest BCUT2D eigenvalue weighted by atomic mass is 9.88. The minimum Gasteiger partial charge on any atom is -0.326 e. The highest BCUT2D eigenvalue weighted by molar-refractivity contribution is 5.30. The lowest BCUT2D eigenvalue weighted by Crippen LogP contribution is -2.47. The van der Waals surface area contributed by atoms with E-state index in [1.54, 1.807) is 0 Å². The van der Waals surface area contributed by atoms with Crippen molar-refractivity contribution in [3.63, 3.8) is 0 Å². The maximum Gasteiger partial charge on any atom is 0.0501 e. The summed E-state index contributed by atoms with van der Waals surface area (Å²) in [5.41, 5.74) is 9.20. The van der Waals surface area contributed by atoms with Crippen molar-refractivity contribution in [2.24, 2.45) is 11.7 Å². The van der Waals surface area contributed by atoms with Gasteiger partial charge >= 0.3 is 0 Å². The van der Waals surface area contributed by atoms with Crippen LogP contribution in [-0.4, -0.2) is 24.0 Å². The van der Waals surface area contributed by atoms with Gasteiger partial charge < -0.3 is 5.73 Å². The third-order valence-corrected chi connectivity index (χ3v) is 3.89. The molecule has 2 nitrogen and oxygen atoms in total. The minimum absolute atomic E-state index is 0.276. The maximum atomic E-state index is 6.40. The van der Waals surface area contributed by atoms with Crippen molar-refractivity contribution in [3.8, 4) is 0 Å². The third kappa shape index (κ3) is 2.93. The van der Waals surface area contributed by atoms with Gasteiger partial charge in [-0.3, -0.25) is 4.90 Å². The summed E-state index contributed by atoms with van der Waals surface area (Å²) in [4.78, 5) is 2.58. The fraction of sp³-hybridized carbons (Fsp3) is 0.625. The number of aryl methyl sites for hydroxylation is 1. The first kappa shape index (κ1) is 13.6. The average Bonchev–Trinajstić information content (AvgIpc) is 2.30. The molecule has 1 saturated heterocycles. The van der Waals surface area contributed by atoms with Gasteiger partial charge in [0.2, 0.25) is 0 Å². The van der Waals surface area contributed by atoms with Gasteiger partial charge in [-0.15, -0.1) is 0 Å². The molecule has 2 unspecified atom stereocenters. The van der Waals surface area contributed by atoms with E-state index in [4.69, 9.17) is 5.73 Å². The zero-order chi connectivity index (χ0) is 13.1. The van der Waals surface area contributed by atoms with E-state index in [9.17, 15) is 0 Å². The van der Waals surface area contributed by atoms with Crippen molar-refractivity contribution in [2.45, 2.75) is 45.7 Å². The number of likely N-dealkylation sites (tertiary alicyclic amines) is 1. The Bertz CT molecular complexity index is 386. The van der Waals surface area contributed by atoms with E-state index < -0.39 is 0 Å². The molecule has 1 aromatic rings. The van der Waals surface area contributed by atoms with E-state index in [-0.39, 0.29) is 6.04 Å². The average molecular weight is 246 g/mol. The van der Waals surface area contributed by atoms with Gasteiger partial charge in [-0.2, -0.15) is 0 Å². The predicted molar refractivity (Wildman–Crippen MR) is 77.5 cm³/mol. The normalized spacial score (nSPS) is 25.6. The molecule has 0 spiro atoms. The second-order valence-electron chi connectivity index (χ2n) is 6.00. The summed E-state index contributed by atoms with van der Waals surface area (Å²) in [6, 6.07) is 9.38. The van der Waals surface area contributed by atoms with Gasteiger partial charge in [0.05, 0.1) is 6.04 Å². The highest BCUT2D eigenvalue weighted by Gasteiger charge is 2.31. The molecule has 0 bridgehead atoms. The summed E-state index contributed by atoms with van der Waals surface area (Å²) in [5.74, 6) is 0.696. The number of rotatable bonds is 3. The zero-order valence-electron chi connectivity index (χ0n) is 11.9. The number of nitrogens with zero attached hydrogens (tertiary/aromatic N) is 1. The Labute approximate surface area is 111 Å². The second-order valence-corrected chi connectivity index (χ2v) is 6.00. The monoisotopic (exact) mass is 246 g/mol. The zero-order valence-corrected chi connectivity index (χ0v) is 11.9. The Morgan fingerprint density at radius 2 is 2.06 bits per heavy atom. The smallest absolute Gasteiger partial charge is 0.0501 e. The number of nitrogens with two attached hydrogens (primary N) is 1. The van der Waals surface area contributed by atoms with Crippen LogP contribution in [-0.2, 0) is 0 Å². The highest BCUT2D eigenvalue weighted by atomic mass is 15.2. The van der Waals surface area contributed by atoms with Gasteiger partial charge in [-0.1, -0.05) is 38.1 Å². The molecule has 18 heavy (non-hydrogen) atoms. The highest BCUT2D eigenvalue weighted by Crippen LogP contribution is 2.32. The first-order valence-corrected chi connectivity index (χ1v) is 7.14. The van der Waals surface area contributed by atoms with Crippen LogP contribution in [0.3, 0.4) is 0 Å². The quantitative estimate of drug-likeness (QED) is 0.888. The van der Waals surface area contributed by atoms with E-state index >= 15 is 0 Å². The number of piperidine rings is 1. The van der Waals surface area contributed by atoms with Crippen LogP contribution < -0.4 is 5.73 Å². The van der Waals surface area contributed by atoms with Crippen molar-refractivity contribution >= 4 is 0 Å². The van der Waals surface area contributed by atoms with Crippen LogP contribution in [0.4, 0.5) is 0 Å². The van der Waals surface area contributed by atoms with E-state index in [2.05, 4.69) is 49.9 Å². The topological polar surface area (TPSA) is 29.3 Å². The number of hydrogen-bond acceptors (Lipinski definition) is 2. The summed E-state index contributed by atoms with van der Waals surface area (Å²) in [6.07, 6.45) is 2.38. The van der Waals surface area contributed by atoms with Crippen LogP contribution >= 0.6 is 0 Å². The Morgan fingerprint density at radius 1 is 1.33 bits per heavy atom. The van der Waals surface area contributed by atoms with Crippen molar-refractivity contribution in [1.29, 1.82) is 0 Å². The Hall–Kier alpha value is -0.860. The van der Waals surface area contributed by atoms with Crippen LogP contribution in [0.2, 0.25) is 0 Å². The Morgan fingerprint density at radius 3 is 2.72 bits per heavy atom. The lowest BCUT2D eigenvalue weighted by Gasteiger charge is -2.41. The Kier molecular flexibility index (Phi) is 4.41. The molecular formula is C16H26N2. The van der Waals surface area contributed by atoms with E-state index in [1.165, 1.54) is 24.1 Å². The second kappa shape index (κ2) is 5.85. The summed E-state index contributed by atoms with van der Waals surface area (Å²) in [6.45, 7) is 9.10. The molecule has 1 aliphatic rings. The lowest BCUT2D eigenvalue weighted by molar-refractivity contribution is 0.113. The summed E-state index contributed by atoms with van der Waals surface area (Å²) < 4.78 is 0. The molecule has 0 amide bonds. The molecule has 100 valence electrons. The first-order valence-electron chi connectivity index (χ1n) is 7.14. The molecule has 1 heterocycles.